The minimum absolute atomic E-state index is 0. The number of rotatable bonds is 8. The molecule has 0 spiro atoms. The Morgan fingerprint density at radius 3 is 0.593 bits per heavy atom. The van der Waals surface area contributed by atoms with Gasteiger partial charge in [-0.15, -0.1) is 138 Å². The molecule has 86 heavy (non-hydrogen) atoms. The molecule has 0 amide bonds. The van der Waals surface area contributed by atoms with E-state index in [1.807, 2.05) is 72.8 Å². The summed E-state index contributed by atoms with van der Waals surface area (Å²) in [7, 11) is 0. The zero-order valence-electron chi connectivity index (χ0n) is 49.1. The molecular weight excluding hydrogens is 1460 g/mol. The monoisotopic (exact) mass is 1510 g/mol. The number of hydrogen-bond donors (Lipinski definition) is 0. The van der Waals surface area contributed by atoms with Gasteiger partial charge in [-0.2, -0.15) is 24.3 Å². The second-order valence-electron chi connectivity index (χ2n) is 20.5. The molecule has 0 atom stereocenters. The zero-order valence-corrected chi connectivity index (χ0v) is 63.6. The van der Waals surface area contributed by atoms with Gasteiger partial charge in [0.05, 0.1) is 0 Å². The van der Waals surface area contributed by atoms with Crippen molar-refractivity contribution in [3.05, 3.63) is 257 Å². The molecule has 14 heteroatoms. The molecular formula is C72H64Cl10Si2Zr2-2. The summed E-state index contributed by atoms with van der Waals surface area (Å²) in [5.41, 5.74) is 13.9. The van der Waals surface area contributed by atoms with Gasteiger partial charge in [0.25, 0.3) is 0 Å². The molecule has 440 valence electrons. The first-order valence-electron chi connectivity index (χ1n) is 27.8. The Balaban J connectivity index is 0.000000199. The van der Waals surface area contributed by atoms with Crippen LogP contribution in [0.2, 0.25) is 66.4 Å². The van der Waals surface area contributed by atoms with Gasteiger partial charge in [-0.1, -0.05) is 191 Å². The van der Waals surface area contributed by atoms with E-state index in [1.54, 1.807) is 46.7 Å². The normalized spacial score (nSPS) is 10.5. The van der Waals surface area contributed by atoms with Crippen molar-refractivity contribution in [2.24, 2.45) is 0 Å². The maximum atomic E-state index is 6.32. The van der Waals surface area contributed by atoms with E-state index in [0.717, 1.165) is 70.2 Å². The Bertz CT molecular complexity index is 3620. The molecule has 0 radical (unpaired) electrons. The number of benzene rings is 8. The summed E-state index contributed by atoms with van der Waals surface area (Å²) in [4.78, 5) is 0. The van der Waals surface area contributed by atoms with Gasteiger partial charge in [-0.25, -0.2) is 0 Å². The van der Waals surface area contributed by atoms with Crippen LogP contribution in [0.4, 0.5) is 0 Å². The predicted octanol–water partition coefficient (Wildman–Crippen LogP) is 20.0. The first-order valence-corrected chi connectivity index (χ1v) is 43.2. The molecule has 0 nitrogen and oxygen atoms in total. The van der Waals surface area contributed by atoms with E-state index in [9.17, 15) is 0 Å². The minimum Gasteiger partial charge on any atom is -1.00 e. The predicted molar refractivity (Wildman–Crippen MR) is 372 cm³/mol. The third-order valence-corrected chi connectivity index (χ3v) is 16.3. The Kier molecular flexibility index (Phi) is 30.8. The molecule has 0 aliphatic carbocycles. The van der Waals surface area contributed by atoms with E-state index in [4.69, 9.17) is 92.8 Å². The van der Waals surface area contributed by atoms with Crippen molar-refractivity contribution in [1.82, 2.24) is 0 Å². The van der Waals surface area contributed by atoms with Gasteiger partial charge in [-0.3, -0.25) is 0 Å². The Labute approximate surface area is 591 Å². The first-order chi connectivity index (χ1) is 40.3. The van der Waals surface area contributed by atoms with Gasteiger partial charge in [0.2, 0.25) is 0 Å². The van der Waals surface area contributed by atoms with Crippen molar-refractivity contribution in [3.63, 3.8) is 0 Å². The molecule has 0 fully saturated rings. The van der Waals surface area contributed by atoms with Gasteiger partial charge in [0.1, 0.15) is 0 Å². The first kappa shape index (κ1) is 74.0. The summed E-state index contributed by atoms with van der Waals surface area (Å²) in [5.74, 6) is 0. The van der Waals surface area contributed by atoms with Crippen LogP contribution in [0.3, 0.4) is 0 Å². The van der Waals surface area contributed by atoms with Crippen molar-refractivity contribution in [2.75, 3.05) is 0 Å². The molecule has 0 unspecified atom stereocenters. The van der Waals surface area contributed by atoms with Crippen LogP contribution in [0.1, 0.15) is 49.9 Å². The van der Waals surface area contributed by atoms with Gasteiger partial charge in [0.15, 0.2) is 0 Å². The summed E-state index contributed by atoms with van der Waals surface area (Å²) in [6.07, 6.45) is 4.13. The van der Waals surface area contributed by atoms with E-state index < -0.39 is 0 Å². The van der Waals surface area contributed by atoms with Crippen LogP contribution < -0.4 is 24.8 Å². The van der Waals surface area contributed by atoms with E-state index >= 15 is 0 Å². The molecule has 0 saturated carbocycles. The molecule has 0 bridgehead atoms. The zero-order chi connectivity index (χ0) is 60.8. The second kappa shape index (κ2) is 35.8. The van der Waals surface area contributed by atoms with Crippen LogP contribution in [0.5, 0.6) is 0 Å². The van der Waals surface area contributed by atoms with Gasteiger partial charge in [-0.05, 0) is 74.2 Å². The number of aryl methyl sites for hydroxylation is 4. The molecule has 0 saturated heterocycles. The standard InChI is InChI=1S/4C17H13Cl2.2C2H6Si.2ClH.2Zr/c4*1-2-11-9-12-5-3-6-13(14(12)10-11)17-15(18)7-4-8-16(17)19;2*1-3-2;;;;/h4*3-10H,2H2,1H3;2*1-2H3;2*1H;;/q4*-1;;;;;2*+2/p-2. The summed E-state index contributed by atoms with van der Waals surface area (Å²) >= 11 is 54.0. The van der Waals surface area contributed by atoms with E-state index in [1.165, 1.54) is 65.3 Å². The minimum atomic E-state index is 0. The quantitative estimate of drug-likeness (QED) is 0.105. The molecule has 0 heterocycles. The van der Waals surface area contributed by atoms with Crippen LogP contribution in [-0.4, -0.2) is 10.9 Å². The van der Waals surface area contributed by atoms with Crippen molar-refractivity contribution in [3.8, 4) is 44.5 Å². The van der Waals surface area contributed by atoms with E-state index in [-0.39, 0.29) is 35.7 Å². The molecule has 0 N–H and O–H groups in total. The fourth-order valence-corrected chi connectivity index (χ4v) is 12.3. The number of hydrogen-bond acceptors (Lipinski definition) is 0. The largest absolute Gasteiger partial charge is 1.00 e. The van der Waals surface area contributed by atoms with Crippen LogP contribution in [0.25, 0.3) is 87.6 Å². The van der Waals surface area contributed by atoms with Gasteiger partial charge >= 0.3 is 83.7 Å². The molecule has 12 aromatic rings. The Morgan fingerprint density at radius 2 is 0.442 bits per heavy atom. The van der Waals surface area contributed by atoms with Crippen molar-refractivity contribution in [1.29, 1.82) is 0 Å². The van der Waals surface area contributed by atoms with Crippen LogP contribution in [-0.2, 0) is 72.4 Å². The third-order valence-electron chi connectivity index (χ3n) is 13.8. The third kappa shape index (κ3) is 19.2. The van der Waals surface area contributed by atoms with Crippen LogP contribution in [0, 0.1) is 0 Å². The van der Waals surface area contributed by atoms with Crippen LogP contribution >= 0.6 is 92.8 Å². The van der Waals surface area contributed by atoms with E-state index in [2.05, 4.69) is 175 Å². The Hall–Kier alpha value is -2.70. The average molecular weight is 1520 g/mol. The molecule has 0 aliphatic rings. The van der Waals surface area contributed by atoms with Crippen molar-refractivity contribution < 1.29 is 71.5 Å². The number of halogens is 10. The molecule has 12 rings (SSSR count). The van der Waals surface area contributed by atoms with E-state index in [0.29, 0.717) is 40.2 Å². The van der Waals surface area contributed by atoms with Crippen molar-refractivity contribution in [2.45, 2.75) is 79.6 Å². The summed E-state index contributed by atoms with van der Waals surface area (Å²) < 4.78 is 0. The molecule has 0 aromatic heterocycles. The topological polar surface area (TPSA) is 0 Å². The average Bonchev–Trinajstić information content (AvgIpc) is 2.91. The maximum absolute atomic E-state index is 6.32. The van der Waals surface area contributed by atoms with Crippen LogP contribution in [0.15, 0.2) is 194 Å². The number of fused-ring (bicyclic) bond motifs is 4. The van der Waals surface area contributed by atoms with Gasteiger partial charge in [0, 0.05) is 62.4 Å². The molecule has 0 aliphatic heterocycles. The SMILES string of the molecule is CCc1cc2c(-c3c(Cl)cccc3Cl)cccc2[cH-]1.CCc1cc2c(-c3c(Cl)cccc3Cl)cccc2[cH-]1.CCc1cc2c(-c3c(Cl)cccc3Cl)cccc2[cH-]1.CCc1cc2c(-c3c(Cl)cccc3Cl)cccc2[cH-]1.C[Si](C)=[Zr+2].C[Si](C)=[Zr+2].[Cl-].[Cl-]. The fourth-order valence-electron chi connectivity index (χ4n) is 9.90. The Morgan fingerprint density at radius 1 is 0.291 bits per heavy atom. The second-order valence-corrected chi connectivity index (χ2v) is 42.5. The molecule has 12 aromatic carbocycles. The van der Waals surface area contributed by atoms with Crippen molar-refractivity contribution >= 4 is 147 Å². The smallest absolute Gasteiger partial charge is 1.00 e. The summed E-state index contributed by atoms with van der Waals surface area (Å²) in [6.45, 7) is 17.9. The maximum Gasteiger partial charge on any atom is -1.00 e. The summed E-state index contributed by atoms with van der Waals surface area (Å²) in [6, 6.07) is 65.4. The van der Waals surface area contributed by atoms with Gasteiger partial charge < -0.3 is 24.8 Å². The fraction of sp³-hybridized carbons (Fsp3) is 0.167. The summed E-state index contributed by atoms with van der Waals surface area (Å²) in [5, 5.41) is 15.4.